The lowest BCUT2D eigenvalue weighted by molar-refractivity contribution is -0.118. The van der Waals surface area contributed by atoms with Crippen LogP contribution < -0.4 is 10.6 Å². The number of anilines is 1. The lowest BCUT2D eigenvalue weighted by Crippen LogP contribution is -2.44. The number of carbonyl (C=O) groups excluding carboxylic acids is 1. The Balaban J connectivity index is 1.70. The van der Waals surface area contributed by atoms with E-state index in [2.05, 4.69) is 36.6 Å². The van der Waals surface area contributed by atoms with E-state index < -0.39 is 0 Å². The molecular weight excluding hydrogens is 260 g/mol. The fraction of sp³-hybridized carbons (Fsp3) is 0.278. The minimum absolute atomic E-state index is 0.0350. The van der Waals surface area contributed by atoms with Gasteiger partial charge in [0.2, 0.25) is 5.91 Å². The molecule has 0 bridgehead atoms. The van der Waals surface area contributed by atoms with Gasteiger partial charge in [-0.15, -0.1) is 0 Å². The van der Waals surface area contributed by atoms with Crippen molar-refractivity contribution in [2.45, 2.75) is 32.9 Å². The zero-order chi connectivity index (χ0) is 14.8. The van der Waals surface area contributed by atoms with E-state index in [1.165, 1.54) is 22.3 Å². The second kappa shape index (κ2) is 5.70. The number of amides is 1. The number of nitrogens with one attached hydrogen (secondary N) is 2. The van der Waals surface area contributed by atoms with Gasteiger partial charge in [-0.1, -0.05) is 30.3 Å². The van der Waals surface area contributed by atoms with E-state index in [-0.39, 0.29) is 11.9 Å². The largest absolute Gasteiger partial charge is 0.325 e. The summed E-state index contributed by atoms with van der Waals surface area (Å²) in [6.45, 7) is 4.88. The van der Waals surface area contributed by atoms with E-state index in [0.717, 1.165) is 18.7 Å². The standard InChI is InChI=1S/C18H20N2O/c1-12-7-8-16(9-13(12)2)20-18(21)17-10-14-5-3-4-6-15(14)11-19-17/h3-9,17,19H,10-11H2,1-2H3,(H,20,21)/t17-/m0/s1. The Labute approximate surface area is 125 Å². The Bertz CT molecular complexity index is 679. The van der Waals surface area contributed by atoms with Crippen LogP contribution in [-0.2, 0) is 17.8 Å². The van der Waals surface area contributed by atoms with Crippen LogP contribution >= 0.6 is 0 Å². The Morgan fingerprint density at radius 2 is 1.86 bits per heavy atom. The molecule has 1 atom stereocenters. The van der Waals surface area contributed by atoms with Crippen molar-refractivity contribution < 1.29 is 4.79 Å². The van der Waals surface area contributed by atoms with E-state index in [9.17, 15) is 4.79 Å². The second-order valence-electron chi connectivity index (χ2n) is 5.69. The maximum atomic E-state index is 12.4. The van der Waals surface area contributed by atoms with E-state index in [1.54, 1.807) is 0 Å². The van der Waals surface area contributed by atoms with Gasteiger partial charge in [0.15, 0.2) is 0 Å². The highest BCUT2D eigenvalue weighted by Gasteiger charge is 2.23. The maximum Gasteiger partial charge on any atom is 0.241 e. The van der Waals surface area contributed by atoms with Crippen LogP contribution in [0.2, 0.25) is 0 Å². The van der Waals surface area contributed by atoms with Crippen molar-refractivity contribution >= 4 is 11.6 Å². The Kier molecular flexibility index (Phi) is 3.76. The molecule has 0 fully saturated rings. The van der Waals surface area contributed by atoms with Crippen LogP contribution in [0.3, 0.4) is 0 Å². The molecule has 3 nitrogen and oxygen atoms in total. The number of rotatable bonds is 2. The minimum Gasteiger partial charge on any atom is -0.325 e. The molecule has 0 unspecified atom stereocenters. The number of aryl methyl sites for hydroxylation is 2. The van der Waals surface area contributed by atoms with E-state index >= 15 is 0 Å². The molecule has 1 aliphatic heterocycles. The predicted octanol–water partition coefficient (Wildman–Crippen LogP) is 2.96. The molecule has 2 aromatic rings. The van der Waals surface area contributed by atoms with E-state index in [0.29, 0.717) is 0 Å². The molecule has 0 saturated heterocycles. The fourth-order valence-corrected chi connectivity index (χ4v) is 2.69. The fourth-order valence-electron chi connectivity index (χ4n) is 2.69. The predicted molar refractivity (Wildman–Crippen MR) is 85.3 cm³/mol. The summed E-state index contributed by atoms with van der Waals surface area (Å²) < 4.78 is 0. The normalized spacial score (nSPS) is 17.1. The first-order valence-electron chi connectivity index (χ1n) is 7.32. The van der Waals surface area contributed by atoms with Gasteiger partial charge in [0.1, 0.15) is 0 Å². The average Bonchev–Trinajstić information content (AvgIpc) is 2.50. The topological polar surface area (TPSA) is 41.1 Å². The summed E-state index contributed by atoms with van der Waals surface area (Å²) in [7, 11) is 0. The zero-order valence-corrected chi connectivity index (χ0v) is 12.4. The highest BCUT2D eigenvalue weighted by atomic mass is 16.2. The molecular formula is C18H20N2O. The third-order valence-electron chi connectivity index (χ3n) is 4.17. The summed E-state index contributed by atoms with van der Waals surface area (Å²) in [6, 6.07) is 14.1. The lowest BCUT2D eigenvalue weighted by atomic mass is 9.95. The first-order valence-corrected chi connectivity index (χ1v) is 7.32. The molecule has 1 amide bonds. The average molecular weight is 280 g/mol. The van der Waals surface area contributed by atoms with Gasteiger partial charge in [-0.3, -0.25) is 4.79 Å². The van der Waals surface area contributed by atoms with Gasteiger partial charge >= 0.3 is 0 Å². The van der Waals surface area contributed by atoms with Crippen LogP contribution in [0.4, 0.5) is 5.69 Å². The zero-order valence-electron chi connectivity index (χ0n) is 12.4. The third-order valence-corrected chi connectivity index (χ3v) is 4.17. The van der Waals surface area contributed by atoms with Gasteiger partial charge in [0.25, 0.3) is 0 Å². The number of hydrogen-bond acceptors (Lipinski definition) is 2. The van der Waals surface area contributed by atoms with Crippen LogP contribution in [0.15, 0.2) is 42.5 Å². The molecule has 2 aromatic carbocycles. The van der Waals surface area contributed by atoms with Crippen molar-refractivity contribution in [3.05, 3.63) is 64.7 Å². The number of carbonyl (C=O) groups is 1. The molecule has 0 radical (unpaired) electrons. The summed E-state index contributed by atoms with van der Waals surface area (Å²) in [4.78, 5) is 12.4. The molecule has 1 aliphatic rings. The molecule has 0 spiro atoms. The molecule has 2 N–H and O–H groups in total. The van der Waals surface area contributed by atoms with Crippen LogP contribution in [0.1, 0.15) is 22.3 Å². The Morgan fingerprint density at radius 1 is 1.10 bits per heavy atom. The molecule has 0 aromatic heterocycles. The van der Waals surface area contributed by atoms with Crippen LogP contribution in [0, 0.1) is 13.8 Å². The van der Waals surface area contributed by atoms with Gasteiger partial charge in [0.05, 0.1) is 6.04 Å². The van der Waals surface area contributed by atoms with Gasteiger partial charge in [0, 0.05) is 12.2 Å². The van der Waals surface area contributed by atoms with E-state index in [1.807, 2.05) is 30.3 Å². The lowest BCUT2D eigenvalue weighted by Gasteiger charge is -2.25. The molecule has 108 valence electrons. The van der Waals surface area contributed by atoms with Crippen molar-refractivity contribution in [1.82, 2.24) is 5.32 Å². The van der Waals surface area contributed by atoms with Crippen LogP contribution in [0.5, 0.6) is 0 Å². The van der Waals surface area contributed by atoms with Gasteiger partial charge in [-0.05, 0) is 54.7 Å². The third kappa shape index (κ3) is 2.98. The Morgan fingerprint density at radius 3 is 2.62 bits per heavy atom. The van der Waals surface area contributed by atoms with Crippen molar-refractivity contribution in [1.29, 1.82) is 0 Å². The van der Waals surface area contributed by atoms with Crippen molar-refractivity contribution in [2.75, 3.05) is 5.32 Å². The van der Waals surface area contributed by atoms with Crippen LogP contribution in [0.25, 0.3) is 0 Å². The summed E-state index contributed by atoms with van der Waals surface area (Å²) in [5, 5.41) is 6.32. The van der Waals surface area contributed by atoms with Gasteiger partial charge < -0.3 is 10.6 Å². The van der Waals surface area contributed by atoms with E-state index in [4.69, 9.17) is 0 Å². The molecule has 21 heavy (non-hydrogen) atoms. The first kappa shape index (κ1) is 13.8. The summed E-state index contributed by atoms with van der Waals surface area (Å²) in [5.41, 5.74) is 5.83. The molecule has 3 rings (SSSR count). The number of benzene rings is 2. The highest BCUT2D eigenvalue weighted by Crippen LogP contribution is 2.18. The smallest absolute Gasteiger partial charge is 0.241 e. The maximum absolute atomic E-state index is 12.4. The first-order chi connectivity index (χ1) is 10.1. The summed E-state index contributed by atoms with van der Waals surface area (Å²) >= 11 is 0. The molecule has 0 aliphatic carbocycles. The Hall–Kier alpha value is -2.13. The van der Waals surface area contributed by atoms with Crippen LogP contribution in [-0.4, -0.2) is 11.9 Å². The van der Waals surface area contributed by atoms with Gasteiger partial charge in [-0.2, -0.15) is 0 Å². The quantitative estimate of drug-likeness (QED) is 0.888. The molecule has 3 heteroatoms. The molecule has 1 heterocycles. The highest BCUT2D eigenvalue weighted by molar-refractivity contribution is 5.95. The minimum atomic E-state index is -0.165. The van der Waals surface area contributed by atoms with Gasteiger partial charge in [-0.25, -0.2) is 0 Å². The summed E-state index contributed by atoms with van der Waals surface area (Å²) in [6.07, 6.45) is 0.743. The van der Waals surface area contributed by atoms with Crippen molar-refractivity contribution in [3.63, 3.8) is 0 Å². The SMILES string of the molecule is Cc1ccc(NC(=O)[C@@H]2Cc3ccccc3CN2)cc1C. The number of fused-ring (bicyclic) bond motifs is 1. The van der Waals surface area contributed by atoms with Crippen molar-refractivity contribution in [3.8, 4) is 0 Å². The van der Waals surface area contributed by atoms with Crippen molar-refractivity contribution in [2.24, 2.45) is 0 Å². The second-order valence-corrected chi connectivity index (χ2v) is 5.69. The number of hydrogen-bond donors (Lipinski definition) is 2. The summed E-state index contributed by atoms with van der Waals surface area (Å²) in [5.74, 6) is 0.0350. The monoisotopic (exact) mass is 280 g/mol. The molecule has 0 saturated carbocycles.